The SMILES string of the molecule is CC(C)NC1CCCCC1.O=C1CCC(N2Cc3cc(O)ccc3C2=O)C(=O)N1. The molecule has 2 aliphatic heterocycles. The summed E-state index contributed by atoms with van der Waals surface area (Å²) in [6.45, 7) is 4.75. The van der Waals surface area contributed by atoms with Crippen molar-refractivity contribution >= 4 is 17.7 Å². The quantitative estimate of drug-likeness (QED) is 0.676. The minimum atomic E-state index is -0.611. The lowest BCUT2D eigenvalue weighted by Gasteiger charge is -2.29. The van der Waals surface area contributed by atoms with Crippen molar-refractivity contribution in [1.29, 1.82) is 0 Å². The summed E-state index contributed by atoms with van der Waals surface area (Å²) in [7, 11) is 0. The normalized spacial score (nSPS) is 22.2. The predicted octanol–water partition coefficient (Wildman–Crippen LogP) is 2.47. The lowest BCUT2D eigenvalue weighted by atomic mass is 9.95. The van der Waals surface area contributed by atoms with E-state index in [1.807, 2.05) is 0 Å². The first-order valence-corrected chi connectivity index (χ1v) is 10.6. The summed E-state index contributed by atoms with van der Waals surface area (Å²) in [5, 5.41) is 15.2. The second kappa shape index (κ2) is 9.39. The molecule has 2 fully saturated rings. The van der Waals surface area contributed by atoms with Gasteiger partial charge < -0.3 is 15.3 Å². The Morgan fingerprint density at radius 1 is 1.10 bits per heavy atom. The molecule has 1 saturated heterocycles. The molecule has 1 aromatic carbocycles. The maximum Gasteiger partial charge on any atom is 0.255 e. The maximum atomic E-state index is 12.2. The molecule has 3 amide bonds. The number of hydrogen-bond acceptors (Lipinski definition) is 5. The van der Waals surface area contributed by atoms with E-state index in [1.54, 1.807) is 6.07 Å². The van der Waals surface area contributed by atoms with Crippen molar-refractivity contribution < 1.29 is 19.5 Å². The molecule has 29 heavy (non-hydrogen) atoms. The molecule has 0 spiro atoms. The van der Waals surface area contributed by atoms with E-state index in [1.165, 1.54) is 49.1 Å². The Balaban J connectivity index is 0.000000204. The zero-order chi connectivity index (χ0) is 21.0. The number of imide groups is 1. The standard InChI is InChI=1S/C13H12N2O4.C9H19N/c16-8-1-2-9-7(5-8)6-15(13(9)19)10-3-4-11(17)14-12(10)18;1-8(2)10-9-6-4-3-5-7-9/h1-2,5,10,16H,3-4,6H2,(H,14,17,18);8-10H,3-7H2,1-2H3. The van der Waals surface area contributed by atoms with Gasteiger partial charge >= 0.3 is 0 Å². The fourth-order valence-electron chi connectivity index (χ4n) is 4.30. The highest BCUT2D eigenvalue weighted by Gasteiger charge is 2.39. The Morgan fingerprint density at radius 2 is 1.83 bits per heavy atom. The number of amides is 3. The highest BCUT2D eigenvalue weighted by atomic mass is 16.3. The monoisotopic (exact) mass is 401 g/mol. The predicted molar refractivity (Wildman–Crippen MR) is 109 cm³/mol. The van der Waals surface area contributed by atoms with Crippen molar-refractivity contribution in [3.63, 3.8) is 0 Å². The Kier molecular flexibility index (Phi) is 6.90. The number of piperidine rings is 1. The van der Waals surface area contributed by atoms with Crippen LogP contribution in [0, 0.1) is 0 Å². The van der Waals surface area contributed by atoms with Gasteiger partial charge in [0.1, 0.15) is 11.8 Å². The van der Waals surface area contributed by atoms with Crippen LogP contribution in [-0.4, -0.2) is 45.9 Å². The van der Waals surface area contributed by atoms with Gasteiger partial charge in [-0.15, -0.1) is 0 Å². The third-order valence-electron chi connectivity index (χ3n) is 5.68. The summed E-state index contributed by atoms with van der Waals surface area (Å²) in [6.07, 6.45) is 7.71. The molecule has 0 radical (unpaired) electrons. The number of carbonyl (C=O) groups excluding carboxylic acids is 3. The van der Waals surface area contributed by atoms with Gasteiger partial charge in [-0.3, -0.25) is 19.7 Å². The lowest BCUT2D eigenvalue weighted by Crippen LogP contribution is -2.52. The average Bonchev–Trinajstić information content (AvgIpc) is 2.98. The molecule has 2 heterocycles. The number of hydrogen-bond donors (Lipinski definition) is 3. The van der Waals surface area contributed by atoms with E-state index in [9.17, 15) is 19.5 Å². The second-order valence-electron chi connectivity index (χ2n) is 8.40. The van der Waals surface area contributed by atoms with Gasteiger partial charge in [-0.1, -0.05) is 33.1 Å². The lowest BCUT2D eigenvalue weighted by molar-refractivity contribution is -0.136. The smallest absolute Gasteiger partial charge is 0.255 e. The number of nitrogens with zero attached hydrogens (tertiary/aromatic N) is 1. The molecule has 1 aromatic rings. The summed E-state index contributed by atoms with van der Waals surface area (Å²) >= 11 is 0. The highest BCUT2D eigenvalue weighted by molar-refractivity contribution is 6.05. The summed E-state index contributed by atoms with van der Waals surface area (Å²) in [4.78, 5) is 36.6. The van der Waals surface area contributed by atoms with Crippen LogP contribution in [0.15, 0.2) is 18.2 Å². The van der Waals surface area contributed by atoms with Crippen molar-refractivity contribution in [2.75, 3.05) is 0 Å². The van der Waals surface area contributed by atoms with E-state index in [0.29, 0.717) is 23.6 Å². The Morgan fingerprint density at radius 3 is 2.48 bits per heavy atom. The number of aromatic hydroxyl groups is 1. The number of nitrogens with one attached hydrogen (secondary N) is 2. The zero-order valence-corrected chi connectivity index (χ0v) is 17.2. The van der Waals surface area contributed by atoms with Crippen LogP contribution in [0.2, 0.25) is 0 Å². The van der Waals surface area contributed by atoms with Crippen LogP contribution in [0.1, 0.15) is 74.7 Å². The molecule has 1 aliphatic carbocycles. The van der Waals surface area contributed by atoms with Gasteiger partial charge in [-0.2, -0.15) is 0 Å². The van der Waals surface area contributed by atoms with E-state index in [-0.39, 0.29) is 30.5 Å². The third kappa shape index (κ3) is 5.35. The van der Waals surface area contributed by atoms with Crippen LogP contribution >= 0.6 is 0 Å². The molecule has 1 atom stereocenters. The Hall–Kier alpha value is -2.41. The first-order valence-electron chi connectivity index (χ1n) is 10.6. The molecule has 1 unspecified atom stereocenters. The Labute approximate surface area is 171 Å². The number of phenolic OH excluding ortho intramolecular Hbond substituents is 1. The molecule has 158 valence electrons. The van der Waals surface area contributed by atoms with Crippen molar-refractivity contribution in [1.82, 2.24) is 15.5 Å². The summed E-state index contributed by atoms with van der Waals surface area (Å²) < 4.78 is 0. The fraction of sp³-hybridized carbons (Fsp3) is 0.591. The number of rotatable bonds is 3. The highest BCUT2D eigenvalue weighted by Crippen LogP contribution is 2.29. The van der Waals surface area contributed by atoms with Crippen LogP contribution in [0.3, 0.4) is 0 Å². The van der Waals surface area contributed by atoms with Crippen molar-refractivity contribution in [2.24, 2.45) is 0 Å². The van der Waals surface area contributed by atoms with Gasteiger partial charge in [0.15, 0.2) is 0 Å². The van der Waals surface area contributed by atoms with E-state index >= 15 is 0 Å². The average molecular weight is 402 g/mol. The number of phenols is 1. The summed E-state index contributed by atoms with van der Waals surface area (Å²) in [6, 6.07) is 5.42. The topological polar surface area (TPSA) is 98.7 Å². The summed E-state index contributed by atoms with van der Waals surface area (Å²) in [5.74, 6) is -0.870. The number of carbonyl (C=O) groups is 3. The molecule has 0 bridgehead atoms. The van der Waals surface area contributed by atoms with Crippen molar-refractivity contribution in [2.45, 2.75) is 83.5 Å². The molecular weight excluding hydrogens is 370 g/mol. The van der Waals surface area contributed by atoms with Crippen LogP contribution in [0.25, 0.3) is 0 Å². The van der Waals surface area contributed by atoms with Crippen LogP contribution in [0.5, 0.6) is 5.75 Å². The number of fused-ring (bicyclic) bond motifs is 1. The second-order valence-corrected chi connectivity index (χ2v) is 8.40. The minimum Gasteiger partial charge on any atom is -0.508 e. The Bertz CT molecular complexity index is 771. The molecular formula is C22H31N3O4. The minimum absolute atomic E-state index is 0.0941. The largest absolute Gasteiger partial charge is 0.508 e. The molecule has 7 heteroatoms. The van der Waals surface area contributed by atoms with Gasteiger partial charge in [0, 0.05) is 30.6 Å². The van der Waals surface area contributed by atoms with E-state index in [2.05, 4.69) is 24.5 Å². The first-order chi connectivity index (χ1) is 13.8. The van der Waals surface area contributed by atoms with Crippen molar-refractivity contribution in [3.8, 4) is 5.75 Å². The van der Waals surface area contributed by atoms with E-state index in [0.717, 1.165) is 6.04 Å². The first kappa shape index (κ1) is 21.3. The van der Waals surface area contributed by atoms with Crippen LogP contribution in [-0.2, 0) is 16.1 Å². The van der Waals surface area contributed by atoms with Crippen molar-refractivity contribution in [3.05, 3.63) is 29.3 Å². The van der Waals surface area contributed by atoms with Crippen LogP contribution in [0.4, 0.5) is 0 Å². The van der Waals surface area contributed by atoms with Gasteiger partial charge in [0.2, 0.25) is 11.8 Å². The van der Waals surface area contributed by atoms with Crippen LogP contribution < -0.4 is 10.6 Å². The molecule has 4 rings (SSSR count). The zero-order valence-electron chi connectivity index (χ0n) is 17.2. The summed E-state index contributed by atoms with van der Waals surface area (Å²) in [5.41, 5.74) is 1.21. The van der Waals surface area contributed by atoms with Gasteiger partial charge in [0.05, 0.1) is 0 Å². The molecule has 1 saturated carbocycles. The third-order valence-corrected chi connectivity index (χ3v) is 5.68. The molecule has 3 aliphatic rings. The fourth-order valence-corrected chi connectivity index (χ4v) is 4.30. The van der Waals surface area contributed by atoms with Gasteiger partial charge in [-0.25, -0.2) is 0 Å². The maximum absolute atomic E-state index is 12.2. The molecule has 0 aromatic heterocycles. The van der Waals surface area contributed by atoms with Gasteiger partial charge in [0.25, 0.3) is 5.91 Å². The number of benzene rings is 1. The van der Waals surface area contributed by atoms with E-state index < -0.39 is 11.9 Å². The molecule has 3 N–H and O–H groups in total. The molecule has 7 nitrogen and oxygen atoms in total. The van der Waals surface area contributed by atoms with E-state index in [4.69, 9.17) is 0 Å². The van der Waals surface area contributed by atoms with Gasteiger partial charge in [-0.05, 0) is 43.0 Å².